The summed E-state index contributed by atoms with van der Waals surface area (Å²) < 4.78 is 4.70. The molecule has 1 unspecified atom stereocenters. The lowest BCUT2D eigenvalue weighted by Gasteiger charge is -2.20. The maximum absolute atomic E-state index is 11.9. The van der Waals surface area contributed by atoms with Gasteiger partial charge in [-0.15, -0.1) is 0 Å². The van der Waals surface area contributed by atoms with Gasteiger partial charge in [0.1, 0.15) is 5.41 Å². The summed E-state index contributed by atoms with van der Waals surface area (Å²) in [5.74, 6) is -0.903. The average Bonchev–Trinajstić information content (AvgIpc) is 2.63. The molecule has 3 heteroatoms. The first-order valence-corrected chi connectivity index (χ1v) is 5.84. The number of esters is 2. The molecule has 3 nitrogen and oxygen atoms in total. The van der Waals surface area contributed by atoms with Gasteiger partial charge < -0.3 is 4.74 Å². The highest BCUT2D eigenvalue weighted by molar-refractivity contribution is 6.03. The van der Waals surface area contributed by atoms with E-state index in [-0.39, 0.29) is 6.42 Å². The molecule has 2 aromatic carbocycles. The van der Waals surface area contributed by atoms with Gasteiger partial charge in [0.25, 0.3) is 0 Å². The van der Waals surface area contributed by atoms with Gasteiger partial charge in [-0.25, -0.2) is 0 Å². The maximum atomic E-state index is 11.9. The number of fused-ring (bicyclic) bond motifs is 1. The summed E-state index contributed by atoms with van der Waals surface area (Å²) in [7, 11) is 0. The summed E-state index contributed by atoms with van der Waals surface area (Å²) in [6.07, 6.45) is 0.111. The Morgan fingerprint density at radius 2 is 1.78 bits per heavy atom. The third-order valence-corrected chi connectivity index (χ3v) is 3.54. The molecule has 0 spiro atoms. The van der Waals surface area contributed by atoms with Gasteiger partial charge in [0.2, 0.25) is 0 Å². The van der Waals surface area contributed by atoms with Crippen LogP contribution >= 0.6 is 0 Å². The van der Waals surface area contributed by atoms with E-state index in [1.165, 1.54) is 0 Å². The minimum absolute atomic E-state index is 0.111. The van der Waals surface area contributed by atoms with Crippen molar-refractivity contribution in [2.24, 2.45) is 0 Å². The van der Waals surface area contributed by atoms with Crippen LogP contribution in [0.2, 0.25) is 0 Å². The van der Waals surface area contributed by atoms with Gasteiger partial charge in [0.05, 0.1) is 6.42 Å². The summed E-state index contributed by atoms with van der Waals surface area (Å²) in [5, 5.41) is 2.05. The van der Waals surface area contributed by atoms with Crippen molar-refractivity contribution in [2.75, 3.05) is 0 Å². The van der Waals surface area contributed by atoms with Crippen molar-refractivity contribution in [3.63, 3.8) is 0 Å². The van der Waals surface area contributed by atoms with Crippen LogP contribution in [0.4, 0.5) is 0 Å². The van der Waals surface area contributed by atoms with Crippen LogP contribution in [-0.4, -0.2) is 11.9 Å². The Labute approximate surface area is 104 Å². The molecule has 1 atom stereocenters. The summed E-state index contributed by atoms with van der Waals surface area (Å²) in [4.78, 5) is 23.2. The number of benzene rings is 2. The van der Waals surface area contributed by atoms with Crippen LogP contribution < -0.4 is 0 Å². The standard InChI is InChI=1S/C15H12O3/c1-15(9-13(16)18-14(15)17)12-8-4-6-10-5-2-3-7-11(10)12/h2-8H,9H2,1H3. The van der Waals surface area contributed by atoms with Crippen LogP contribution in [0.5, 0.6) is 0 Å². The van der Waals surface area contributed by atoms with E-state index in [0.717, 1.165) is 16.3 Å². The zero-order valence-electron chi connectivity index (χ0n) is 9.97. The van der Waals surface area contributed by atoms with Crippen molar-refractivity contribution >= 4 is 22.7 Å². The van der Waals surface area contributed by atoms with E-state index in [4.69, 9.17) is 4.74 Å². The highest BCUT2D eigenvalue weighted by Crippen LogP contribution is 2.38. The topological polar surface area (TPSA) is 43.4 Å². The van der Waals surface area contributed by atoms with Crippen molar-refractivity contribution in [3.05, 3.63) is 48.0 Å². The fraction of sp³-hybridized carbons (Fsp3) is 0.200. The second-order valence-corrected chi connectivity index (χ2v) is 4.80. The van der Waals surface area contributed by atoms with Crippen molar-refractivity contribution < 1.29 is 14.3 Å². The largest absolute Gasteiger partial charge is 0.392 e. The predicted molar refractivity (Wildman–Crippen MR) is 67.0 cm³/mol. The van der Waals surface area contributed by atoms with E-state index in [2.05, 4.69) is 0 Å². The maximum Gasteiger partial charge on any atom is 0.324 e. The van der Waals surface area contributed by atoms with Crippen LogP contribution in [0.3, 0.4) is 0 Å². The molecule has 2 aromatic rings. The molecule has 0 amide bonds. The monoisotopic (exact) mass is 240 g/mol. The molecule has 1 fully saturated rings. The Hall–Kier alpha value is -2.16. The lowest BCUT2D eigenvalue weighted by Crippen LogP contribution is -2.27. The van der Waals surface area contributed by atoms with Crippen LogP contribution in [0, 0.1) is 0 Å². The normalized spacial score (nSPS) is 23.4. The Balaban J connectivity index is 2.26. The summed E-state index contributed by atoms with van der Waals surface area (Å²) in [6, 6.07) is 13.6. The molecule has 3 rings (SSSR count). The second kappa shape index (κ2) is 3.67. The van der Waals surface area contributed by atoms with Gasteiger partial charge >= 0.3 is 11.9 Å². The summed E-state index contributed by atoms with van der Waals surface area (Å²) in [6.45, 7) is 1.77. The second-order valence-electron chi connectivity index (χ2n) is 4.80. The highest BCUT2D eigenvalue weighted by Gasteiger charge is 2.47. The van der Waals surface area contributed by atoms with E-state index in [9.17, 15) is 9.59 Å². The Kier molecular flexibility index (Phi) is 2.23. The molecular formula is C15H12O3. The van der Waals surface area contributed by atoms with E-state index >= 15 is 0 Å². The lowest BCUT2D eigenvalue weighted by atomic mass is 9.79. The number of hydrogen-bond donors (Lipinski definition) is 0. The molecule has 1 aliphatic heterocycles. The molecule has 0 radical (unpaired) electrons. The zero-order chi connectivity index (χ0) is 12.8. The van der Waals surface area contributed by atoms with Gasteiger partial charge in [0, 0.05) is 0 Å². The average molecular weight is 240 g/mol. The summed E-state index contributed by atoms with van der Waals surface area (Å²) >= 11 is 0. The molecule has 0 aromatic heterocycles. The van der Waals surface area contributed by atoms with E-state index in [1.807, 2.05) is 42.5 Å². The van der Waals surface area contributed by atoms with Crippen molar-refractivity contribution in [3.8, 4) is 0 Å². The third kappa shape index (κ3) is 1.44. The smallest absolute Gasteiger partial charge is 0.324 e. The number of carbonyl (C=O) groups excluding carboxylic acids is 2. The van der Waals surface area contributed by atoms with Crippen molar-refractivity contribution in [1.29, 1.82) is 0 Å². The lowest BCUT2D eigenvalue weighted by molar-refractivity contribution is -0.153. The Bertz CT molecular complexity index is 654. The molecular weight excluding hydrogens is 228 g/mol. The van der Waals surface area contributed by atoms with Crippen LogP contribution in [0.1, 0.15) is 18.9 Å². The minimum Gasteiger partial charge on any atom is -0.392 e. The van der Waals surface area contributed by atoms with Gasteiger partial charge in [-0.2, -0.15) is 0 Å². The van der Waals surface area contributed by atoms with Gasteiger partial charge in [-0.1, -0.05) is 42.5 Å². The predicted octanol–water partition coefficient (Wildman–Crippen LogP) is 2.57. The number of carbonyl (C=O) groups is 2. The molecule has 1 aliphatic rings. The number of cyclic esters (lactones) is 2. The quantitative estimate of drug-likeness (QED) is 0.568. The first-order chi connectivity index (χ1) is 8.61. The van der Waals surface area contributed by atoms with Gasteiger partial charge in [-0.3, -0.25) is 9.59 Å². The number of rotatable bonds is 1. The van der Waals surface area contributed by atoms with Gasteiger partial charge in [-0.05, 0) is 23.3 Å². The first kappa shape index (κ1) is 11.0. The molecule has 0 N–H and O–H groups in total. The molecule has 1 heterocycles. The van der Waals surface area contributed by atoms with Crippen molar-refractivity contribution in [1.82, 2.24) is 0 Å². The van der Waals surface area contributed by atoms with Crippen LogP contribution in [0.15, 0.2) is 42.5 Å². The zero-order valence-corrected chi connectivity index (χ0v) is 9.97. The fourth-order valence-corrected chi connectivity index (χ4v) is 2.52. The molecule has 0 bridgehead atoms. The van der Waals surface area contributed by atoms with E-state index in [1.54, 1.807) is 6.92 Å². The van der Waals surface area contributed by atoms with Crippen LogP contribution in [0.25, 0.3) is 10.8 Å². The van der Waals surface area contributed by atoms with Gasteiger partial charge in [0.15, 0.2) is 0 Å². The molecule has 18 heavy (non-hydrogen) atoms. The third-order valence-electron chi connectivity index (χ3n) is 3.54. The first-order valence-electron chi connectivity index (χ1n) is 5.84. The van der Waals surface area contributed by atoms with E-state index < -0.39 is 17.4 Å². The highest BCUT2D eigenvalue weighted by atomic mass is 16.6. The Morgan fingerprint density at radius 3 is 2.50 bits per heavy atom. The molecule has 1 saturated heterocycles. The van der Waals surface area contributed by atoms with Crippen LogP contribution in [-0.2, 0) is 19.7 Å². The molecule has 90 valence electrons. The summed E-state index contributed by atoms with van der Waals surface area (Å²) in [5.41, 5.74) is -0.00532. The fourth-order valence-electron chi connectivity index (χ4n) is 2.52. The Morgan fingerprint density at radius 1 is 1.06 bits per heavy atom. The molecule has 0 aliphatic carbocycles. The van der Waals surface area contributed by atoms with Crippen molar-refractivity contribution in [2.45, 2.75) is 18.8 Å². The van der Waals surface area contributed by atoms with E-state index in [0.29, 0.717) is 0 Å². The SMILES string of the molecule is CC1(c2cccc3ccccc23)CC(=O)OC1=O. The number of hydrogen-bond acceptors (Lipinski definition) is 3. The minimum atomic E-state index is -0.863. The number of ether oxygens (including phenoxy) is 1. The molecule has 0 saturated carbocycles.